The van der Waals surface area contributed by atoms with Gasteiger partial charge in [-0.2, -0.15) is 4.57 Å². The topological polar surface area (TPSA) is 33.0 Å². The molecule has 0 bridgehead atoms. The summed E-state index contributed by atoms with van der Waals surface area (Å²) in [7, 11) is 0. The zero-order chi connectivity index (χ0) is 15.2. The van der Waals surface area contributed by atoms with Crippen LogP contribution in [0.3, 0.4) is 0 Å². The summed E-state index contributed by atoms with van der Waals surface area (Å²) in [5.74, 6) is -0.00769. The molecule has 0 aliphatic carbocycles. The molecule has 1 aromatic heterocycles. The Morgan fingerprint density at radius 3 is 2.38 bits per heavy atom. The molecule has 1 N–H and O–H groups in total. The molecule has 0 aliphatic rings. The SMILES string of the molecule is CCc1cc[n+](CC(=O)N[C@@H](C)c2ccc(Cl)cc2)cc1. The minimum Gasteiger partial charge on any atom is -0.344 e. The Kier molecular flexibility index (Phi) is 5.34. The van der Waals surface area contributed by atoms with E-state index in [1.807, 2.05) is 60.3 Å². The fraction of sp³-hybridized carbons (Fsp3) is 0.294. The van der Waals surface area contributed by atoms with Crippen molar-refractivity contribution >= 4 is 17.5 Å². The highest BCUT2D eigenvalue weighted by Crippen LogP contribution is 2.15. The molecule has 0 spiro atoms. The van der Waals surface area contributed by atoms with Gasteiger partial charge in [-0.3, -0.25) is 4.79 Å². The molecule has 4 heteroatoms. The number of aryl methyl sites for hydroxylation is 1. The highest BCUT2D eigenvalue weighted by molar-refractivity contribution is 6.30. The fourth-order valence-corrected chi connectivity index (χ4v) is 2.24. The molecule has 2 rings (SSSR count). The molecule has 21 heavy (non-hydrogen) atoms. The predicted molar refractivity (Wildman–Crippen MR) is 84.0 cm³/mol. The van der Waals surface area contributed by atoms with Gasteiger partial charge in [0.25, 0.3) is 5.91 Å². The number of carbonyl (C=O) groups excluding carboxylic acids is 1. The smallest absolute Gasteiger partial charge is 0.286 e. The van der Waals surface area contributed by atoms with Gasteiger partial charge in [0.2, 0.25) is 6.54 Å². The van der Waals surface area contributed by atoms with Crippen LogP contribution in [0.1, 0.15) is 31.0 Å². The van der Waals surface area contributed by atoms with Crippen LogP contribution in [-0.2, 0) is 17.8 Å². The molecule has 0 saturated heterocycles. The normalized spacial score (nSPS) is 12.0. The van der Waals surface area contributed by atoms with Gasteiger partial charge in [0, 0.05) is 17.2 Å². The largest absolute Gasteiger partial charge is 0.344 e. The highest BCUT2D eigenvalue weighted by atomic mass is 35.5. The van der Waals surface area contributed by atoms with Crippen LogP contribution in [-0.4, -0.2) is 5.91 Å². The molecule has 2 aromatic rings. The van der Waals surface area contributed by atoms with Crippen molar-refractivity contribution in [1.82, 2.24) is 5.32 Å². The maximum atomic E-state index is 12.1. The van der Waals surface area contributed by atoms with Gasteiger partial charge < -0.3 is 5.32 Å². The second-order valence-corrected chi connectivity index (χ2v) is 5.51. The summed E-state index contributed by atoms with van der Waals surface area (Å²) < 4.78 is 1.88. The van der Waals surface area contributed by atoms with E-state index in [9.17, 15) is 4.79 Å². The summed E-state index contributed by atoms with van der Waals surface area (Å²) in [6, 6.07) is 11.6. The van der Waals surface area contributed by atoms with E-state index in [0.717, 1.165) is 12.0 Å². The first-order valence-electron chi connectivity index (χ1n) is 7.11. The van der Waals surface area contributed by atoms with Gasteiger partial charge >= 0.3 is 0 Å². The highest BCUT2D eigenvalue weighted by Gasteiger charge is 2.13. The quantitative estimate of drug-likeness (QED) is 0.846. The second-order valence-electron chi connectivity index (χ2n) is 5.07. The van der Waals surface area contributed by atoms with Crippen LogP contribution in [0.4, 0.5) is 0 Å². The molecule has 1 aromatic carbocycles. The van der Waals surface area contributed by atoms with Crippen molar-refractivity contribution in [1.29, 1.82) is 0 Å². The summed E-state index contributed by atoms with van der Waals surface area (Å²) in [6.45, 7) is 4.40. The van der Waals surface area contributed by atoms with Gasteiger partial charge in [-0.25, -0.2) is 0 Å². The van der Waals surface area contributed by atoms with Crippen molar-refractivity contribution < 1.29 is 9.36 Å². The zero-order valence-electron chi connectivity index (χ0n) is 12.3. The summed E-state index contributed by atoms with van der Waals surface area (Å²) in [5, 5.41) is 3.69. The number of nitrogens with one attached hydrogen (secondary N) is 1. The molecule has 0 saturated carbocycles. The number of carbonyl (C=O) groups is 1. The van der Waals surface area contributed by atoms with Crippen LogP contribution >= 0.6 is 11.6 Å². The van der Waals surface area contributed by atoms with E-state index < -0.39 is 0 Å². The average Bonchev–Trinajstić information content (AvgIpc) is 2.48. The molecule has 3 nitrogen and oxygen atoms in total. The van der Waals surface area contributed by atoms with E-state index >= 15 is 0 Å². The second kappa shape index (κ2) is 7.23. The van der Waals surface area contributed by atoms with Gasteiger partial charge in [-0.05, 0) is 36.6 Å². The molecule has 0 radical (unpaired) electrons. The number of hydrogen-bond donors (Lipinski definition) is 1. The lowest BCUT2D eigenvalue weighted by atomic mass is 10.1. The Morgan fingerprint density at radius 1 is 1.19 bits per heavy atom. The molecule has 110 valence electrons. The standard InChI is InChI=1S/C17H19ClN2O/c1-3-14-8-10-20(11-9-14)12-17(21)19-13(2)15-4-6-16(18)7-5-15/h4-11,13H,3,12H2,1-2H3/p+1/t13-/m0/s1. The molecule has 0 aliphatic heterocycles. The first-order valence-corrected chi connectivity index (χ1v) is 7.49. The van der Waals surface area contributed by atoms with Crippen LogP contribution in [0.5, 0.6) is 0 Å². The molecular weight excluding hydrogens is 284 g/mol. The lowest BCUT2D eigenvalue weighted by molar-refractivity contribution is -0.684. The number of aromatic nitrogens is 1. The molecule has 1 atom stereocenters. The summed E-state index contributed by atoms with van der Waals surface area (Å²) >= 11 is 5.86. The summed E-state index contributed by atoms with van der Waals surface area (Å²) in [5.41, 5.74) is 2.31. The number of benzene rings is 1. The molecule has 1 heterocycles. The Labute approximate surface area is 130 Å². The number of nitrogens with zero attached hydrogens (tertiary/aromatic N) is 1. The van der Waals surface area contributed by atoms with Crippen molar-refractivity contribution in [3.05, 3.63) is 64.9 Å². The van der Waals surface area contributed by atoms with Crippen LogP contribution in [0.15, 0.2) is 48.8 Å². The van der Waals surface area contributed by atoms with Crippen molar-refractivity contribution in [3.63, 3.8) is 0 Å². The minimum atomic E-state index is -0.0368. The van der Waals surface area contributed by atoms with Crippen molar-refractivity contribution in [2.75, 3.05) is 0 Å². The average molecular weight is 304 g/mol. The maximum absolute atomic E-state index is 12.1. The van der Waals surface area contributed by atoms with Gasteiger partial charge in [-0.1, -0.05) is 30.7 Å². The van der Waals surface area contributed by atoms with E-state index in [2.05, 4.69) is 12.2 Å². The van der Waals surface area contributed by atoms with Gasteiger partial charge in [-0.15, -0.1) is 0 Å². The maximum Gasteiger partial charge on any atom is 0.286 e. The number of hydrogen-bond acceptors (Lipinski definition) is 1. The lowest BCUT2D eigenvalue weighted by Crippen LogP contribution is -2.43. The van der Waals surface area contributed by atoms with Gasteiger partial charge in [0.05, 0.1) is 6.04 Å². The van der Waals surface area contributed by atoms with Crippen LogP contribution in [0.25, 0.3) is 0 Å². The van der Waals surface area contributed by atoms with E-state index in [1.165, 1.54) is 5.56 Å². The van der Waals surface area contributed by atoms with Gasteiger partial charge in [0.15, 0.2) is 12.4 Å². The predicted octanol–water partition coefficient (Wildman–Crippen LogP) is 3.07. The van der Waals surface area contributed by atoms with Crippen molar-refractivity contribution in [2.45, 2.75) is 32.9 Å². The Hall–Kier alpha value is -1.87. The van der Waals surface area contributed by atoms with Crippen LogP contribution in [0.2, 0.25) is 5.02 Å². The third-order valence-corrected chi connectivity index (χ3v) is 3.69. The Balaban J connectivity index is 1.92. The van der Waals surface area contributed by atoms with Crippen molar-refractivity contribution in [2.24, 2.45) is 0 Å². The molecule has 1 amide bonds. The number of rotatable bonds is 5. The summed E-state index contributed by atoms with van der Waals surface area (Å²) in [4.78, 5) is 12.1. The number of pyridine rings is 1. The molecule has 0 fully saturated rings. The Morgan fingerprint density at radius 2 is 1.81 bits per heavy atom. The molecule has 0 unspecified atom stereocenters. The van der Waals surface area contributed by atoms with Crippen LogP contribution in [0, 0.1) is 0 Å². The van der Waals surface area contributed by atoms with E-state index in [1.54, 1.807) is 0 Å². The third-order valence-electron chi connectivity index (χ3n) is 3.44. The van der Waals surface area contributed by atoms with Crippen LogP contribution < -0.4 is 9.88 Å². The number of amides is 1. The molecular formula is C17H20ClN2O+. The van der Waals surface area contributed by atoms with Gasteiger partial charge in [0.1, 0.15) is 0 Å². The van der Waals surface area contributed by atoms with E-state index in [0.29, 0.717) is 11.6 Å². The monoisotopic (exact) mass is 303 g/mol. The zero-order valence-corrected chi connectivity index (χ0v) is 13.1. The Bertz CT molecular complexity index is 593. The third kappa shape index (κ3) is 4.57. The minimum absolute atomic E-state index is 0.00769. The van der Waals surface area contributed by atoms with E-state index in [4.69, 9.17) is 11.6 Å². The fourth-order valence-electron chi connectivity index (χ4n) is 2.12. The first-order chi connectivity index (χ1) is 10.1. The first kappa shape index (κ1) is 15.5. The lowest BCUT2D eigenvalue weighted by Gasteiger charge is -2.13. The van der Waals surface area contributed by atoms with Crippen molar-refractivity contribution in [3.8, 4) is 0 Å². The summed E-state index contributed by atoms with van der Waals surface area (Å²) in [6.07, 6.45) is 4.87. The number of halogens is 1. The van der Waals surface area contributed by atoms with E-state index in [-0.39, 0.29) is 11.9 Å².